The predicted octanol–water partition coefficient (Wildman–Crippen LogP) is 3.98. The second-order valence-electron chi connectivity index (χ2n) is 7.13. The van der Waals surface area contributed by atoms with E-state index in [1.165, 1.54) is 19.2 Å². The van der Waals surface area contributed by atoms with Gasteiger partial charge in [0.05, 0.1) is 12.1 Å². The first kappa shape index (κ1) is 24.6. The monoisotopic (exact) mass is 448 g/mol. The Morgan fingerprint density at radius 1 is 1.06 bits per heavy atom. The molecule has 2 aromatic carbocycles. The highest BCUT2D eigenvalue weighted by Gasteiger charge is 2.30. The lowest BCUT2D eigenvalue weighted by molar-refractivity contribution is -0.148. The molecule has 2 rings (SSSR count). The van der Waals surface area contributed by atoms with Gasteiger partial charge >= 0.3 is 12.1 Å². The van der Waals surface area contributed by atoms with Crippen molar-refractivity contribution < 1.29 is 32.3 Å². The fourth-order valence-electron chi connectivity index (χ4n) is 2.77. The maximum atomic E-state index is 12.7. The fraction of sp³-hybridized carbons (Fsp3) is 0.261. The average molecular weight is 448 g/mol. The van der Waals surface area contributed by atoms with Crippen LogP contribution in [-0.4, -0.2) is 42.9 Å². The van der Waals surface area contributed by atoms with Gasteiger partial charge in [0.15, 0.2) is 6.61 Å². The Bertz CT molecular complexity index is 1010. The van der Waals surface area contributed by atoms with Crippen LogP contribution in [0.3, 0.4) is 0 Å². The molecule has 0 aliphatic heterocycles. The Hall–Kier alpha value is -3.62. The molecule has 0 heterocycles. The molecule has 0 spiro atoms. The molecule has 170 valence electrons. The number of likely N-dealkylation sites (N-methyl/N-ethyl adjacent to an activating group) is 1. The van der Waals surface area contributed by atoms with Crippen LogP contribution in [0.4, 0.5) is 18.9 Å². The lowest BCUT2D eigenvalue weighted by atomic mass is 10.1. The first-order chi connectivity index (χ1) is 15.0. The van der Waals surface area contributed by atoms with Gasteiger partial charge in [0.25, 0.3) is 5.91 Å². The van der Waals surface area contributed by atoms with E-state index in [1.807, 2.05) is 32.0 Å². The van der Waals surface area contributed by atoms with Crippen molar-refractivity contribution in [1.29, 1.82) is 0 Å². The number of carbonyl (C=O) groups excluding carboxylic acids is 3. The van der Waals surface area contributed by atoms with Crippen LogP contribution in [0.25, 0.3) is 6.08 Å². The number of halogens is 3. The number of benzene rings is 2. The molecule has 32 heavy (non-hydrogen) atoms. The molecule has 0 unspecified atom stereocenters. The second kappa shape index (κ2) is 10.6. The molecule has 0 bridgehead atoms. The van der Waals surface area contributed by atoms with Crippen molar-refractivity contribution in [1.82, 2.24) is 4.90 Å². The lowest BCUT2D eigenvalue weighted by Gasteiger charge is -2.18. The van der Waals surface area contributed by atoms with Crippen LogP contribution < -0.4 is 5.32 Å². The van der Waals surface area contributed by atoms with E-state index < -0.39 is 36.1 Å². The highest BCUT2D eigenvalue weighted by atomic mass is 19.4. The predicted molar refractivity (Wildman–Crippen MR) is 114 cm³/mol. The number of anilines is 1. The summed E-state index contributed by atoms with van der Waals surface area (Å²) in [5, 5.41) is 2.75. The summed E-state index contributed by atoms with van der Waals surface area (Å²) in [5.41, 5.74) is 1.75. The van der Waals surface area contributed by atoms with E-state index in [4.69, 9.17) is 4.74 Å². The molecule has 0 saturated carbocycles. The van der Waals surface area contributed by atoms with Crippen LogP contribution in [0.2, 0.25) is 0 Å². The Labute approximate surface area is 183 Å². The summed E-state index contributed by atoms with van der Waals surface area (Å²) in [4.78, 5) is 37.2. The number of alkyl halides is 3. The molecular formula is C23H23F3N2O4. The highest BCUT2D eigenvalue weighted by molar-refractivity contribution is 5.96. The van der Waals surface area contributed by atoms with Crippen molar-refractivity contribution in [2.75, 3.05) is 25.5 Å². The van der Waals surface area contributed by atoms with Crippen LogP contribution in [0, 0.1) is 13.8 Å². The lowest BCUT2D eigenvalue weighted by Crippen LogP contribution is -2.37. The third-order valence-corrected chi connectivity index (χ3v) is 4.52. The summed E-state index contributed by atoms with van der Waals surface area (Å²) in [7, 11) is 1.39. The molecule has 0 fully saturated rings. The Morgan fingerprint density at radius 2 is 1.69 bits per heavy atom. The van der Waals surface area contributed by atoms with Gasteiger partial charge in [0, 0.05) is 18.8 Å². The summed E-state index contributed by atoms with van der Waals surface area (Å²) in [5.74, 6) is -1.92. The van der Waals surface area contributed by atoms with E-state index in [2.05, 4.69) is 5.32 Å². The van der Waals surface area contributed by atoms with Crippen LogP contribution in [0.5, 0.6) is 0 Å². The number of rotatable bonds is 7. The van der Waals surface area contributed by atoms with Gasteiger partial charge in [0.2, 0.25) is 5.91 Å². The van der Waals surface area contributed by atoms with Gasteiger partial charge in [-0.05, 0) is 48.7 Å². The molecule has 0 radical (unpaired) electrons. The van der Waals surface area contributed by atoms with E-state index in [-0.39, 0.29) is 12.1 Å². The number of nitrogens with one attached hydrogen (secondary N) is 1. The number of carbonyl (C=O) groups is 3. The van der Waals surface area contributed by atoms with Crippen molar-refractivity contribution in [2.45, 2.75) is 20.0 Å². The van der Waals surface area contributed by atoms with Crippen LogP contribution in [0.1, 0.15) is 22.3 Å². The van der Waals surface area contributed by atoms with Crippen LogP contribution in [-0.2, 0) is 25.3 Å². The third kappa shape index (κ3) is 7.26. The first-order valence-corrected chi connectivity index (χ1v) is 9.59. The fourth-order valence-corrected chi connectivity index (χ4v) is 2.77. The number of aryl methyl sites for hydroxylation is 2. The van der Waals surface area contributed by atoms with Gasteiger partial charge in [-0.15, -0.1) is 0 Å². The van der Waals surface area contributed by atoms with Gasteiger partial charge in [-0.1, -0.05) is 30.3 Å². The maximum absolute atomic E-state index is 12.7. The standard InChI is InChI=1S/C23H23F3N2O4/c1-15-6-4-7-16(2)22(15)27-19(29)13-28(3)20(30)14-32-21(31)11-10-17-8-5-9-18(12-17)23(24,25)26/h4-12H,13-14H2,1-3H3,(H,27,29)/b11-10+. The SMILES string of the molecule is Cc1cccc(C)c1NC(=O)CN(C)C(=O)COC(=O)/C=C/c1cccc(C(F)(F)F)c1. The van der Waals surface area contributed by atoms with Crippen LogP contribution >= 0.6 is 0 Å². The summed E-state index contributed by atoms with van der Waals surface area (Å²) >= 11 is 0. The molecule has 0 saturated heterocycles. The topological polar surface area (TPSA) is 75.7 Å². The number of para-hydroxylation sites is 1. The Kier molecular flexibility index (Phi) is 8.17. The highest BCUT2D eigenvalue weighted by Crippen LogP contribution is 2.29. The Morgan fingerprint density at radius 3 is 2.31 bits per heavy atom. The van der Waals surface area contributed by atoms with Crippen molar-refractivity contribution >= 4 is 29.5 Å². The summed E-state index contributed by atoms with van der Waals surface area (Å²) in [6.45, 7) is 2.84. The minimum Gasteiger partial charge on any atom is -0.452 e. The van der Waals surface area contributed by atoms with E-state index in [0.717, 1.165) is 40.3 Å². The van der Waals surface area contributed by atoms with Gasteiger partial charge < -0.3 is 15.0 Å². The van der Waals surface area contributed by atoms with Crippen molar-refractivity contribution in [3.8, 4) is 0 Å². The molecule has 6 nitrogen and oxygen atoms in total. The van der Waals surface area contributed by atoms with Gasteiger partial charge in [0.1, 0.15) is 0 Å². The van der Waals surface area contributed by atoms with E-state index in [0.29, 0.717) is 5.69 Å². The number of hydrogen-bond acceptors (Lipinski definition) is 4. The zero-order valence-corrected chi connectivity index (χ0v) is 17.8. The first-order valence-electron chi connectivity index (χ1n) is 9.59. The average Bonchev–Trinajstić information content (AvgIpc) is 2.72. The number of ether oxygens (including phenoxy) is 1. The maximum Gasteiger partial charge on any atom is 0.416 e. The van der Waals surface area contributed by atoms with Crippen molar-refractivity contribution in [2.24, 2.45) is 0 Å². The normalized spacial score (nSPS) is 11.3. The zero-order valence-electron chi connectivity index (χ0n) is 17.8. The molecular weight excluding hydrogens is 425 g/mol. The Balaban J connectivity index is 1.84. The minimum atomic E-state index is -4.49. The number of hydrogen-bond donors (Lipinski definition) is 1. The zero-order chi connectivity index (χ0) is 23.9. The van der Waals surface area contributed by atoms with Gasteiger partial charge in [-0.2, -0.15) is 13.2 Å². The quantitative estimate of drug-likeness (QED) is 0.514. The minimum absolute atomic E-state index is 0.156. The molecule has 0 aliphatic rings. The van der Waals surface area contributed by atoms with Crippen molar-refractivity contribution in [3.63, 3.8) is 0 Å². The van der Waals surface area contributed by atoms with E-state index in [1.54, 1.807) is 0 Å². The molecule has 2 amide bonds. The number of nitrogens with zero attached hydrogens (tertiary/aromatic N) is 1. The van der Waals surface area contributed by atoms with Crippen LogP contribution in [0.15, 0.2) is 48.5 Å². The smallest absolute Gasteiger partial charge is 0.416 e. The van der Waals surface area contributed by atoms with Gasteiger partial charge in [-0.25, -0.2) is 4.79 Å². The molecule has 1 N–H and O–H groups in total. The molecule has 9 heteroatoms. The third-order valence-electron chi connectivity index (χ3n) is 4.52. The summed E-state index contributed by atoms with van der Waals surface area (Å²) in [6, 6.07) is 9.99. The summed E-state index contributed by atoms with van der Waals surface area (Å²) in [6.07, 6.45) is -2.41. The molecule has 0 atom stereocenters. The largest absolute Gasteiger partial charge is 0.452 e. The molecule has 0 aromatic heterocycles. The number of esters is 1. The van der Waals surface area contributed by atoms with E-state index in [9.17, 15) is 27.6 Å². The second-order valence-corrected chi connectivity index (χ2v) is 7.13. The molecule has 2 aromatic rings. The van der Waals surface area contributed by atoms with E-state index >= 15 is 0 Å². The van der Waals surface area contributed by atoms with Crippen molar-refractivity contribution in [3.05, 3.63) is 70.8 Å². The molecule has 0 aliphatic carbocycles. The van der Waals surface area contributed by atoms with Gasteiger partial charge in [-0.3, -0.25) is 9.59 Å². The summed E-state index contributed by atoms with van der Waals surface area (Å²) < 4.78 is 43.0. The number of amides is 2.